The number of rotatable bonds is 6. The van der Waals surface area contributed by atoms with Crippen LogP contribution in [0.3, 0.4) is 0 Å². The third-order valence-electron chi connectivity index (χ3n) is 3.24. The number of ether oxygens (including phenoxy) is 1. The van der Waals surface area contributed by atoms with Gasteiger partial charge in [-0.3, -0.25) is 4.79 Å². The first-order chi connectivity index (χ1) is 11.3. The molecule has 0 heterocycles. The Morgan fingerprint density at radius 2 is 1.88 bits per heavy atom. The monoisotopic (exact) mass is 352 g/mol. The van der Waals surface area contributed by atoms with Crippen molar-refractivity contribution in [3.8, 4) is 5.75 Å². The van der Waals surface area contributed by atoms with Crippen molar-refractivity contribution in [2.45, 2.75) is 4.90 Å². The minimum Gasteiger partial charge on any atom is -0.497 e. The molecule has 0 spiro atoms. The van der Waals surface area contributed by atoms with Crippen molar-refractivity contribution in [1.82, 2.24) is 4.31 Å². The van der Waals surface area contributed by atoms with Gasteiger partial charge in [-0.2, -0.15) is 4.31 Å². The fourth-order valence-electron chi connectivity index (χ4n) is 1.98. The number of nitrogens with zero attached hydrogens (tertiary/aromatic N) is 1. The molecule has 2 aromatic carbocycles. The normalized spacial score (nSPS) is 11.3. The van der Waals surface area contributed by atoms with Crippen LogP contribution in [0.4, 0.5) is 10.1 Å². The standard InChI is InChI=1S/C16H17FN2O4S/c1-19(24(21,22)15-8-6-12(17)7-9-15)11-16(20)18-13-4-3-5-14(10-13)23-2/h3-10H,11H2,1-2H3,(H,18,20). The SMILES string of the molecule is COc1cccc(NC(=O)CN(C)S(=O)(=O)c2ccc(F)cc2)c1. The predicted molar refractivity (Wildman–Crippen MR) is 87.8 cm³/mol. The maximum absolute atomic E-state index is 12.9. The van der Waals surface area contributed by atoms with Gasteiger partial charge >= 0.3 is 0 Å². The van der Waals surface area contributed by atoms with E-state index in [1.807, 2.05) is 0 Å². The van der Waals surface area contributed by atoms with Crippen molar-refractivity contribution in [2.75, 3.05) is 26.0 Å². The highest BCUT2D eigenvalue weighted by atomic mass is 32.2. The smallest absolute Gasteiger partial charge is 0.243 e. The highest BCUT2D eigenvalue weighted by molar-refractivity contribution is 7.89. The molecule has 2 aromatic rings. The van der Waals surface area contributed by atoms with Gasteiger partial charge in [-0.05, 0) is 36.4 Å². The Morgan fingerprint density at radius 1 is 1.21 bits per heavy atom. The highest BCUT2D eigenvalue weighted by Gasteiger charge is 2.23. The van der Waals surface area contributed by atoms with Gasteiger partial charge in [0.25, 0.3) is 0 Å². The zero-order valence-electron chi connectivity index (χ0n) is 13.2. The molecule has 0 unspecified atom stereocenters. The van der Waals surface area contributed by atoms with Gasteiger partial charge < -0.3 is 10.1 Å². The lowest BCUT2D eigenvalue weighted by Gasteiger charge is -2.17. The third kappa shape index (κ3) is 4.30. The van der Waals surface area contributed by atoms with Gasteiger partial charge in [-0.15, -0.1) is 0 Å². The number of benzene rings is 2. The molecule has 1 N–H and O–H groups in total. The third-order valence-corrected chi connectivity index (χ3v) is 5.06. The van der Waals surface area contributed by atoms with Gasteiger partial charge in [0.05, 0.1) is 18.6 Å². The summed E-state index contributed by atoms with van der Waals surface area (Å²) in [4.78, 5) is 12.0. The zero-order chi connectivity index (χ0) is 17.7. The molecule has 0 fully saturated rings. The average Bonchev–Trinajstić information content (AvgIpc) is 2.55. The molecule has 2 rings (SSSR count). The van der Waals surface area contributed by atoms with Crippen LogP contribution in [-0.4, -0.2) is 39.3 Å². The van der Waals surface area contributed by atoms with Gasteiger partial charge in [-0.1, -0.05) is 6.07 Å². The Kier molecular flexibility index (Phi) is 5.53. The quantitative estimate of drug-likeness (QED) is 0.864. The van der Waals surface area contributed by atoms with E-state index in [4.69, 9.17) is 4.74 Å². The second kappa shape index (κ2) is 7.41. The summed E-state index contributed by atoms with van der Waals surface area (Å²) in [5, 5.41) is 2.60. The summed E-state index contributed by atoms with van der Waals surface area (Å²) >= 11 is 0. The van der Waals surface area contributed by atoms with Crippen LogP contribution >= 0.6 is 0 Å². The average molecular weight is 352 g/mol. The Balaban J connectivity index is 2.06. The number of methoxy groups -OCH3 is 1. The van der Waals surface area contributed by atoms with Crippen LogP contribution in [0.2, 0.25) is 0 Å². The number of carbonyl (C=O) groups is 1. The maximum Gasteiger partial charge on any atom is 0.243 e. The van der Waals surface area contributed by atoms with Gasteiger partial charge in [0.2, 0.25) is 15.9 Å². The van der Waals surface area contributed by atoms with Crippen LogP contribution in [0, 0.1) is 5.82 Å². The number of hydrogen-bond donors (Lipinski definition) is 1. The maximum atomic E-state index is 12.9. The van der Waals surface area contributed by atoms with Gasteiger partial charge in [0.1, 0.15) is 11.6 Å². The summed E-state index contributed by atoms with van der Waals surface area (Å²) in [5.41, 5.74) is 0.493. The number of nitrogens with one attached hydrogen (secondary N) is 1. The molecular weight excluding hydrogens is 335 g/mol. The summed E-state index contributed by atoms with van der Waals surface area (Å²) < 4.78 is 43.5. The van der Waals surface area contributed by atoms with Crippen molar-refractivity contribution in [3.63, 3.8) is 0 Å². The lowest BCUT2D eigenvalue weighted by atomic mass is 10.3. The van der Waals surface area contributed by atoms with Crippen LogP contribution < -0.4 is 10.1 Å². The van der Waals surface area contributed by atoms with Crippen molar-refractivity contribution in [1.29, 1.82) is 0 Å². The van der Waals surface area contributed by atoms with E-state index in [9.17, 15) is 17.6 Å². The molecule has 8 heteroatoms. The van der Waals surface area contributed by atoms with E-state index in [-0.39, 0.29) is 11.4 Å². The minimum atomic E-state index is -3.87. The summed E-state index contributed by atoms with van der Waals surface area (Å²) in [6, 6.07) is 11.1. The molecule has 0 bridgehead atoms. The molecule has 1 amide bonds. The Morgan fingerprint density at radius 3 is 2.50 bits per heavy atom. The number of halogens is 1. The van der Waals surface area contributed by atoms with Gasteiger partial charge in [-0.25, -0.2) is 12.8 Å². The van der Waals surface area contributed by atoms with Crippen molar-refractivity contribution < 1.29 is 22.3 Å². The van der Waals surface area contributed by atoms with Gasteiger partial charge in [0.15, 0.2) is 0 Å². The van der Waals surface area contributed by atoms with Crippen molar-refractivity contribution >= 4 is 21.6 Å². The molecule has 0 saturated carbocycles. The second-order valence-electron chi connectivity index (χ2n) is 5.00. The largest absolute Gasteiger partial charge is 0.497 e. The minimum absolute atomic E-state index is 0.0828. The molecule has 0 aliphatic rings. The topological polar surface area (TPSA) is 75.7 Å². The lowest BCUT2D eigenvalue weighted by Crippen LogP contribution is -2.34. The molecule has 128 valence electrons. The summed E-state index contributed by atoms with van der Waals surface area (Å²) in [6.45, 7) is -0.378. The predicted octanol–water partition coefficient (Wildman–Crippen LogP) is 2.09. The summed E-state index contributed by atoms with van der Waals surface area (Å²) in [5.74, 6) is -0.469. The van der Waals surface area contributed by atoms with Gasteiger partial charge in [0, 0.05) is 18.8 Å². The Hall–Kier alpha value is -2.45. The molecular formula is C16H17FN2O4S. The fraction of sp³-hybridized carbons (Fsp3) is 0.188. The second-order valence-corrected chi connectivity index (χ2v) is 7.04. The molecule has 0 radical (unpaired) electrons. The van der Waals surface area contributed by atoms with Crippen LogP contribution in [-0.2, 0) is 14.8 Å². The summed E-state index contributed by atoms with van der Waals surface area (Å²) in [7, 11) is -1.09. The van der Waals surface area contributed by atoms with E-state index >= 15 is 0 Å². The number of hydrogen-bond acceptors (Lipinski definition) is 4. The van der Waals surface area contributed by atoms with E-state index in [0.29, 0.717) is 11.4 Å². The van der Waals surface area contributed by atoms with Crippen molar-refractivity contribution in [2.24, 2.45) is 0 Å². The fourth-order valence-corrected chi connectivity index (χ4v) is 3.10. The molecule has 0 aromatic heterocycles. The number of carbonyl (C=O) groups excluding carboxylic acids is 1. The first kappa shape index (κ1) is 17.9. The number of amides is 1. The van der Waals surface area contributed by atoms with E-state index in [1.54, 1.807) is 24.3 Å². The first-order valence-electron chi connectivity index (χ1n) is 6.99. The van der Waals surface area contributed by atoms with E-state index in [0.717, 1.165) is 28.6 Å². The van der Waals surface area contributed by atoms with Crippen LogP contribution in [0.1, 0.15) is 0 Å². The summed E-state index contributed by atoms with van der Waals surface area (Å²) in [6.07, 6.45) is 0. The van der Waals surface area contributed by atoms with E-state index in [1.165, 1.54) is 14.2 Å². The number of likely N-dealkylation sites (N-methyl/N-ethyl adjacent to an activating group) is 1. The zero-order valence-corrected chi connectivity index (χ0v) is 14.0. The van der Waals surface area contributed by atoms with Crippen LogP contribution in [0.15, 0.2) is 53.4 Å². The highest BCUT2D eigenvalue weighted by Crippen LogP contribution is 2.17. The molecule has 6 nitrogen and oxygen atoms in total. The molecule has 0 saturated heterocycles. The number of anilines is 1. The number of sulfonamides is 1. The molecule has 0 atom stereocenters. The Bertz CT molecular complexity index is 822. The van der Waals surface area contributed by atoms with E-state index < -0.39 is 21.7 Å². The van der Waals surface area contributed by atoms with Crippen LogP contribution in [0.5, 0.6) is 5.75 Å². The molecule has 24 heavy (non-hydrogen) atoms. The Labute approximate surface area is 139 Å². The molecule has 0 aliphatic heterocycles. The molecule has 0 aliphatic carbocycles. The van der Waals surface area contributed by atoms with E-state index in [2.05, 4.69) is 5.32 Å². The lowest BCUT2D eigenvalue weighted by molar-refractivity contribution is -0.116. The van der Waals surface area contributed by atoms with Crippen molar-refractivity contribution in [3.05, 3.63) is 54.3 Å². The first-order valence-corrected chi connectivity index (χ1v) is 8.43. The van der Waals surface area contributed by atoms with Crippen LogP contribution in [0.25, 0.3) is 0 Å².